The van der Waals surface area contributed by atoms with Crippen LogP contribution in [0.1, 0.15) is 49.8 Å². The van der Waals surface area contributed by atoms with E-state index in [0.29, 0.717) is 23.6 Å². The van der Waals surface area contributed by atoms with E-state index in [1.807, 2.05) is 75.4 Å². The summed E-state index contributed by atoms with van der Waals surface area (Å²) in [6, 6.07) is 21.7. The van der Waals surface area contributed by atoms with Crippen molar-refractivity contribution in [2.75, 3.05) is 23.9 Å². The summed E-state index contributed by atoms with van der Waals surface area (Å²) >= 11 is 0. The molecule has 2 amide bonds. The lowest BCUT2D eigenvalue weighted by atomic mass is 10.0. The van der Waals surface area contributed by atoms with E-state index in [4.69, 9.17) is 9.47 Å². The Bertz CT molecular complexity index is 1510. The largest absolute Gasteiger partial charge is 0.454 e. The number of fused-ring (bicyclic) bond motifs is 1. The number of hydrogen-bond acceptors (Lipinski definition) is 6. The Morgan fingerprint density at radius 2 is 1.67 bits per heavy atom. The maximum atomic E-state index is 14.0. The number of carbonyl (C=O) groups is 2. The van der Waals surface area contributed by atoms with Gasteiger partial charge in [-0.3, -0.25) is 13.9 Å². The zero-order chi connectivity index (χ0) is 31.0. The van der Waals surface area contributed by atoms with Gasteiger partial charge in [0.25, 0.3) is 0 Å². The summed E-state index contributed by atoms with van der Waals surface area (Å²) < 4.78 is 37.6. The van der Waals surface area contributed by atoms with Crippen LogP contribution in [0.5, 0.6) is 11.5 Å². The normalized spacial score (nSPS) is 13.7. The fraction of sp³-hybridized carbons (Fsp3) is 0.394. The van der Waals surface area contributed by atoms with Gasteiger partial charge >= 0.3 is 0 Å². The number of nitrogens with one attached hydrogen (secondary N) is 1. The lowest BCUT2D eigenvalue weighted by Gasteiger charge is -2.33. The number of rotatable bonds is 14. The van der Waals surface area contributed by atoms with E-state index in [2.05, 4.69) is 5.32 Å². The minimum Gasteiger partial charge on any atom is -0.454 e. The Hall–Kier alpha value is -4.05. The van der Waals surface area contributed by atoms with E-state index in [1.165, 1.54) is 4.31 Å². The maximum Gasteiger partial charge on any atom is 0.243 e. The summed E-state index contributed by atoms with van der Waals surface area (Å²) in [5.74, 6) is 0.597. The van der Waals surface area contributed by atoms with E-state index in [9.17, 15) is 18.0 Å². The van der Waals surface area contributed by atoms with Gasteiger partial charge in [0.15, 0.2) is 11.5 Å². The second-order valence-corrected chi connectivity index (χ2v) is 12.9. The molecule has 0 radical (unpaired) electrons. The van der Waals surface area contributed by atoms with Crippen LogP contribution in [-0.2, 0) is 32.6 Å². The van der Waals surface area contributed by atoms with Crippen molar-refractivity contribution in [1.82, 2.24) is 10.2 Å². The van der Waals surface area contributed by atoms with Crippen molar-refractivity contribution >= 4 is 27.5 Å². The molecule has 1 heterocycles. The SMILES string of the molecule is CC[C@@H](C)NC(=O)[C@@H](Cc1ccccc1)N(Cc1cccc(C)c1)C(=O)CCCN(c1ccc2c(c1)OCO2)S(C)(=O)=O. The van der Waals surface area contributed by atoms with Crippen LogP contribution in [0.3, 0.4) is 0 Å². The van der Waals surface area contributed by atoms with Gasteiger partial charge in [-0.1, -0.05) is 67.1 Å². The minimum atomic E-state index is -3.65. The van der Waals surface area contributed by atoms with Crippen LogP contribution < -0.4 is 19.1 Å². The van der Waals surface area contributed by atoms with Gasteiger partial charge in [-0.2, -0.15) is 0 Å². The number of hydrogen-bond donors (Lipinski definition) is 1. The van der Waals surface area contributed by atoms with Crippen LogP contribution in [0.25, 0.3) is 0 Å². The fourth-order valence-electron chi connectivity index (χ4n) is 5.05. The van der Waals surface area contributed by atoms with Crippen molar-refractivity contribution in [1.29, 1.82) is 0 Å². The van der Waals surface area contributed by atoms with Crippen LogP contribution in [0, 0.1) is 6.92 Å². The van der Waals surface area contributed by atoms with Crippen LogP contribution in [-0.4, -0.2) is 56.8 Å². The molecule has 0 saturated heterocycles. The molecule has 0 bridgehead atoms. The maximum absolute atomic E-state index is 14.0. The van der Waals surface area contributed by atoms with E-state index in [0.717, 1.165) is 29.4 Å². The molecule has 0 fully saturated rings. The zero-order valence-corrected chi connectivity index (χ0v) is 26.1. The monoisotopic (exact) mass is 607 g/mol. The van der Waals surface area contributed by atoms with Crippen molar-refractivity contribution in [3.63, 3.8) is 0 Å². The summed E-state index contributed by atoms with van der Waals surface area (Å²) in [6.45, 7) is 6.36. The number of nitrogens with zero attached hydrogens (tertiary/aromatic N) is 2. The molecule has 2 atom stereocenters. The second kappa shape index (κ2) is 14.4. The average Bonchev–Trinajstić information content (AvgIpc) is 3.45. The van der Waals surface area contributed by atoms with Gasteiger partial charge in [0.05, 0.1) is 11.9 Å². The molecule has 10 heteroatoms. The molecule has 4 rings (SSSR count). The Morgan fingerprint density at radius 1 is 0.953 bits per heavy atom. The van der Waals surface area contributed by atoms with Crippen LogP contribution in [0.4, 0.5) is 5.69 Å². The van der Waals surface area contributed by atoms with Gasteiger partial charge in [-0.25, -0.2) is 8.42 Å². The molecule has 0 spiro atoms. The topological polar surface area (TPSA) is 105 Å². The molecular weight excluding hydrogens is 566 g/mol. The molecular formula is C33H41N3O6S. The summed E-state index contributed by atoms with van der Waals surface area (Å²) in [5.41, 5.74) is 3.35. The quantitative estimate of drug-likeness (QED) is 0.282. The third kappa shape index (κ3) is 8.73. The van der Waals surface area contributed by atoms with E-state index in [-0.39, 0.29) is 50.6 Å². The molecule has 1 N–H and O–H groups in total. The first-order valence-corrected chi connectivity index (χ1v) is 16.5. The van der Waals surface area contributed by atoms with E-state index >= 15 is 0 Å². The zero-order valence-electron chi connectivity index (χ0n) is 25.3. The molecule has 0 aromatic heterocycles. The van der Waals surface area contributed by atoms with Gasteiger partial charge in [0.1, 0.15) is 6.04 Å². The molecule has 43 heavy (non-hydrogen) atoms. The number of amides is 2. The first kappa shape index (κ1) is 31.9. The van der Waals surface area contributed by atoms with Crippen molar-refractivity contribution < 1.29 is 27.5 Å². The average molecular weight is 608 g/mol. The molecule has 1 aliphatic rings. The van der Waals surface area contributed by atoms with Crippen LogP contribution in [0.2, 0.25) is 0 Å². The van der Waals surface area contributed by atoms with Crippen molar-refractivity contribution in [3.05, 3.63) is 89.5 Å². The molecule has 0 saturated carbocycles. The number of benzene rings is 3. The molecule has 9 nitrogen and oxygen atoms in total. The highest BCUT2D eigenvalue weighted by Crippen LogP contribution is 2.36. The van der Waals surface area contributed by atoms with E-state index < -0.39 is 16.1 Å². The highest BCUT2D eigenvalue weighted by Gasteiger charge is 2.31. The lowest BCUT2D eigenvalue weighted by Crippen LogP contribution is -2.52. The standard InChI is InChI=1S/C33H41N3O6S/c1-5-25(3)34-33(38)29(20-26-12-7-6-8-13-26)35(22-27-14-9-11-24(2)19-27)32(37)15-10-18-36(43(4,39)40)28-16-17-30-31(21-28)42-23-41-30/h6-9,11-14,16-17,19,21,25,29H,5,10,15,18,20,22-23H2,1-4H3,(H,34,38)/t25-,29-/m1/s1. The van der Waals surface area contributed by atoms with Gasteiger partial charge in [-0.15, -0.1) is 0 Å². The first-order chi connectivity index (χ1) is 20.5. The summed E-state index contributed by atoms with van der Waals surface area (Å²) in [6.07, 6.45) is 2.57. The first-order valence-electron chi connectivity index (χ1n) is 14.6. The van der Waals surface area contributed by atoms with Crippen molar-refractivity contribution in [3.8, 4) is 11.5 Å². The predicted molar refractivity (Wildman–Crippen MR) is 168 cm³/mol. The van der Waals surface area contributed by atoms with Gasteiger partial charge in [0.2, 0.25) is 28.6 Å². The van der Waals surface area contributed by atoms with Gasteiger partial charge < -0.3 is 19.7 Å². The summed E-state index contributed by atoms with van der Waals surface area (Å²) in [4.78, 5) is 29.3. The van der Waals surface area contributed by atoms with Crippen molar-refractivity contribution in [2.45, 2.75) is 65.1 Å². The van der Waals surface area contributed by atoms with Gasteiger partial charge in [0, 0.05) is 38.0 Å². The predicted octanol–water partition coefficient (Wildman–Crippen LogP) is 4.82. The number of anilines is 1. The lowest BCUT2D eigenvalue weighted by molar-refractivity contribution is -0.141. The number of ether oxygens (including phenoxy) is 2. The molecule has 3 aromatic carbocycles. The Balaban J connectivity index is 1.58. The van der Waals surface area contributed by atoms with Gasteiger partial charge in [-0.05, 0) is 49.9 Å². The Morgan fingerprint density at radius 3 is 2.37 bits per heavy atom. The molecule has 0 unspecified atom stereocenters. The number of carbonyl (C=O) groups excluding carboxylic acids is 2. The number of sulfonamides is 1. The molecule has 230 valence electrons. The third-order valence-corrected chi connectivity index (χ3v) is 8.70. The van der Waals surface area contributed by atoms with Crippen LogP contribution >= 0.6 is 0 Å². The Labute approximate surface area is 254 Å². The smallest absolute Gasteiger partial charge is 0.243 e. The summed E-state index contributed by atoms with van der Waals surface area (Å²) in [5, 5.41) is 3.08. The third-order valence-electron chi connectivity index (χ3n) is 7.50. The minimum absolute atomic E-state index is 0.0493. The Kier molecular flexibility index (Phi) is 10.7. The number of aryl methyl sites for hydroxylation is 1. The molecule has 1 aliphatic heterocycles. The second-order valence-electron chi connectivity index (χ2n) is 11.0. The summed E-state index contributed by atoms with van der Waals surface area (Å²) in [7, 11) is -3.65. The van der Waals surface area contributed by atoms with Crippen molar-refractivity contribution in [2.24, 2.45) is 0 Å². The highest BCUT2D eigenvalue weighted by molar-refractivity contribution is 7.92. The van der Waals surface area contributed by atoms with E-state index in [1.54, 1.807) is 23.1 Å². The molecule has 3 aromatic rings. The van der Waals surface area contributed by atoms with Crippen LogP contribution in [0.15, 0.2) is 72.8 Å². The highest BCUT2D eigenvalue weighted by atomic mass is 32.2. The molecule has 0 aliphatic carbocycles. The fourth-order valence-corrected chi connectivity index (χ4v) is 6.00.